The fourth-order valence-corrected chi connectivity index (χ4v) is 3.94. The van der Waals surface area contributed by atoms with E-state index in [1.54, 1.807) is 12.1 Å². The molecule has 0 aromatic heterocycles. The zero-order chi connectivity index (χ0) is 14.8. The largest absolute Gasteiger partial charge is 0.416 e. The van der Waals surface area contributed by atoms with E-state index in [1.165, 1.54) is 6.07 Å². The van der Waals surface area contributed by atoms with Crippen LogP contribution in [0, 0.1) is 0 Å². The van der Waals surface area contributed by atoms with Crippen LogP contribution in [-0.4, -0.2) is 36.0 Å². The van der Waals surface area contributed by atoms with Gasteiger partial charge in [0.25, 0.3) is 0 Å². The van der Waals surface area contributed by atoms with Gasteiger partial charge in [-0.05, 0) is 30.9 Å². The minimum Gasteiger partial charge on any atom is -0.329 e. The Morgan fingerprint density at radius 2 is 2.10 bits per heavy atom. The van der Waals surface area contributed by atoms with Gasteiger partial charge in [0.1, 0.15) is 0 Å². The van der Waals surface area contributed by atoms with E-state index in [2.05, 4.69) is 0 Å². The second kappa shape index (κ2) is 6.37. The number of hydrogen-bond donors (Lipinski definition) is 1. The Bertz CT molecular complexity index is 444. The van der Waals surface area contributed by atoms with Crippen molar-refractivity contribution < 1.29 is 13.2 Å². The molecule has 0 bridgehead atoms. The third kappa shape index (κ3) is 3.30. The van der Waals surface area contributed by atoms with E-state index in [0.29, 0.717) is 6.04 Å². The molecule has 1 heterocycles. The summed E-state index contributed by atoms with van der Waals surface area (Å²) in [5.74, 6) is 2.02. The lowest BCUT2D eigenvalue weighted by molar-refractivity contribution is -0.138. The first-order valence-electron chi connectivity index (χ1n) is 6.61. The van der Waals surface area contributed by atoms with Crippen LogP contribution in [0.2, 0.25) is 0 Å². The number of nitrogens with zero attached hydrogens (tertiary/aromatic N) is 1. The zero-order valence-electron chi connectivity index (χ0n) is 11.4. The van der Waals surface area contributed by atoms with Crippen LogP contribution in [0.15, 0.2) is 24.3 Å². The summed E-state index contributed by atoms with van der Waals surface area (Å²) in [4.78, 5) is 2.00. The van der Waals surface area contributed by atoms with Crippen molar-refractivity contribution in [2.45, 2.75) is 24.7 Å². The van der Waals surface area contributed by atoms with Gasteiger partial charge in [-0.3, -0.25) is 4.90 Å². The van der Waals surface area contributed by atoms with Crippen molar-refractivity contribution in [1.82, 2.24) is 4.90 Å². The van der Waals surface area contributed by atoms with Crippen molar-refractivity contribution in [2.75, 3.05) is 25.1 Å². The van der Waals surface area contributed by atoms with Gasteiger partial charge in [0.15, 0.2) is 0 Å². The SMILES string of the molecule is CN(C1CCSC1)C(CN)c1ccccc1C(F)(F)F. The quantitative estimate of drug-likeness (QED) is 0.926. The van der Waals surface area contributed by atoms with Gasteiger partial charge < -0.3 is 5.73 Å². The lowest BCUT2D eigenvalue weighted by Crippen LogP contribution is -2.39. The molecule has 2 nitrogen and oxygen atoms in total. The fraction of sp³-hybridized carbons (Fsp3) is 0.571. The number of benzene rings is 1. The molecule has 1 aromatic carbocycles. The summed E-state index contributed by atoms with van der Waals surface area (Å²) in [6.45, 7) is 0.185. The first kappa shape index (κ1) is 15.7. The van der Waals surface area contributed by atoms with Gasteiger partial charge in [-0.15, -0.1) is 0 Å². The molecular weight excluding hydrogens is 285 g/mol. The minimum absolute atomic E-state index is 0.185. The lowest BCUT2D eigenvalue weighted by atomic mass is 9.97. The smallest absolute Gasteiger partial charge is 0.329 e. The van der Waals surface area contributed by atoms with Crippen LogP contribution in [0.25, 0.3) is 0 Å². The van der Waals surface area contributed by atoms with E-state index < -0.39 is 17.8 Å². The predicted molar refractivity (Wildman–Crippen MR) is 76.7 cm³/mol. The molecular formula is C14H19F3N2S. The van der Waals surface area contributed by atoms with Crippen molar-refractivity contribution in [3.05, 3.63) is 35.4 Å². The number of thioether (sulfide) groups is 1. The minimum atomic E-state index is -4.34. The number of alkyl halides is 3. The lowest BCUT2D eigenvalue weighted by Gasteiger charge is -2.33. The summed E-state index contributed by atoms with van der Waals surface area (Å²) in [5, 5.41) is 0. The van der Waals surface area contributed by atoms with Crippen LogP contribution >= 0.6 is 11.8 Å². The third-order valence-corrected chi connectivity index (χ3v) is 4.97. The number of nitrogens with two attached hydrogens (primary N) is 1. The van der Waals surface area contributed by atoms with Crippen LogP contribution in [0.4, 0.5) is 13.2 Å². The maximum atomic E-state index is 13.1. The van der Waals surface area contributed by atoms with Crippen LogP contribution in [0.1, 0.15) is 23.6 Å². The van der Waals surface area contributed by atoms with Crippen molar-refractivity contribution in [1.29, 1.82) is 0 Å². The van der Waals surface area contributed by atoms with Crippen LogP contribution < -0.4 is 5.73 Å². The maximum Gasteiger partial charge on any atom is 0.416 e. The van der Waals surface area contributed by atoms with Gasteiger partial charge in [0, 0.05) is 24.4 Å². The van der Waals surface area contributed by atoms with Gasteiger partial charge in [-0.25, -0.2) is 0 Å². The van der Waals surface area contributed by atoms with Crippen LogP contribution in [-0.2, 0) is 6.18 Å². The number of halogens is 3. The monoisotopic (exact) mass is 304 g/mol. The third-order valence-electron chi connectivity index (χ3n) is 3.82. The summed E-state index contributed by atoms with van der Waals surface area (Å²) >= 11 is 1.84. The van der Waals surface area contributed by atoms with Crippen molar-refractivity contribution in [2.24, 2.45) is 5.73 Å². The Kier molecular flexibility index (Phi) is 4.99. The molecule has 20 heavy (non-hydrogen) atoms. The van der Waals surface area contributed by atoms with E-state index in [1.807, 2.05) is 23.7 Å². The van der Waals surface area contributed by atoms with Gasteiger partial charge in [0.2, 0.25) is 0 Å². The van der Waals surface area contributed by atoms with E-state index in [4.69, 9.17) is 5.73 Å². The second-order valence-corrected chi connectivity index (χ2v) is 6.17. The highest BCUT2D eigenvalue weighted by Crippen LogP contribution is 2.37. The standard InChI is InChI=1S/C14H19F3N2S/c1-19(10-6-7-20-9-10)13(8-18)11-4-2-3-5-12(11)14(15,16)17/h2-5,10,13H,6-9,18H2,1H3. The van der Waals surface area contributed by atoms with Crippen LogP contribution in [0.3, 0.4) is 0 Å². The highest BCUT2D eigenvalue weighted by atomic mass is 32.2. The molecule has 1 aliphatic rings. The number of rotatable bonds is 4. The second-order valence-electron chi connectivity index (χ2n) is 5.02. The molecule has 1 aliphatic heterocycles. The number of hydrogen-bond acceptors (Lipinski definition) is 3. The summed E-state index contributed by atoms with van der Waals surface area (Å²) in [7, 11) is 1.88. The summed E-state index contributed by atoms with van der Waals surface area (Å²) in [5.41, 5.74) is 5.47. The Morgan fingerprint density at radius 3 is 2.65 bits per heavy atom. The summed E-state index contributed by atoms with van der Waals surface area (Å²) in [6, 6.07) is 5.65. The average molecular weight is 304 g/mol. The molecule has 1 aromatic rings. The molecule has 0 radical (unpaired) electrons. The topological polar surface area (TPSA) is 29.3 Å². The van der Waals surface area contributed by atoms with E-state index >= 15 is 0 Å². The Labute approximate surface area is 121 Å². The van der Waals surface area contributed by atoms with Crippen molar-refractivity contribution in [3.63, 3.8) is 0 Å². The molecule has 1 fully saturated rings. The van der Waals surface area contributed by atoms with E-state index in [0.717, 1.165) is 24.0 Å². The molecule has 112 valence electrons. The molecule has 2 atom stereocenters. The molecule has 0 spiro atoms. The first-order valence-corrected chi connectivity index (χ1v) is 7.76. The highest BCUT2D eigenvalue weighted by molar-refractivity contribution is 7.99. The number of likely N-dealkylation sites (N-methyl/N-ethyl adjacent to an activating group) is 1. The fourth-order valence-electron chi connectivity index (χ4n) is 2.66. The predicted octanol–water partition coefficient (Wildman–Crippen LogP) is 3.14. The summed E-state index contributed by atoms with van der Waals surface area (Å²) in [6.07, 6.45) is -3.33. The van der Waals surface area contributed by atoms with Gasteiger partial charge >= 0.3 is 6.18 Å². The first-order chi connectivity index (χ1) is 9.45. The van der Waals surface area contributed by atoms with Crippen LogP contribution in [0.5, 0.6) is 0 Å². The van der Waals surface area contributed by atoms with E-state index in [-0.39, 0.29) is 12.1 Å². The van der Waals surface area contributed by atoms with Crippen molar-refractivity contribution >= 4 is 11.8 Å². The normalized spacial score (nSPS) is 21.4. The van der Waals surface area contributed by atoms with Gasteiger partial charge in [0.05, 0.1) is 5.56 Å². The van der Waals surface area contributed by atoms with Gasteiger partial charge in [-0.2, -0.15) is 24.9 Å². The van der Waals surface area contributed by atoms with E-state index in [9.17, 15) is 13.2 Å². The maximum absolute atomic E-state index is 13.1. The molecule has 6 heteroatoms. The zero-order valence-corrected chi connectivity index (χ0v) is 12.2. The molecule has 0 saturated carbocycles. The molecule has 0 amide bonds. The molecule has 0 aliphatic carbocycles. The average Bonchev–Trinajstić information content (AvgIpc) is 2.92. The molecule has 2 N–H and O–H groups in total. The van der Waals surface area contributed by atoms with Crippen molar-refractivity contribution in [3.8, 4) is 0 Å². The Balaban J connectivity index is 2.31. The molecule has 2 unspecified atom stereocenters. The Morgan fingerprint density at radius 1 is 1.40 bits per heavy atom. The molecule has 2 rings (SSSR count). The summed E-state index contributed by atoms with van der Waals surface area (Å²) < 4.78 is 39.4. The Hall–Kier alpha value is -0.720. The highest BCUT2D eigenvalue weighted by Gasteiger charge is 2.36. The van der Waals surface area contributed by atoms with Gasteiger partial charge in [-0.1, -0.05) is 18.2 Å². The molecule has 1 saturated heterocycles.